The Bertz CT molecular complexity index is 116. The summed E-state index contributed by atoms with van der Waals surface area (Å²) in [5, 5.41) is 0. The highest BCUT2D eigenvalue weighted by Gasteiger charge is 1.60. The van der Waals surface area contributed by atoms with Gasteiger partial charge in [-0.1, -0.05) is 43.4 Å². The summed E-state index contributed by atoms with van der Waals surface area (Å²) >= 11 is 0. The SMILES string of the molecule is C\C=C/C=C\C=C\CC. The van der Waals surface area contributed by atoms with Crippen LogP contribution in [0.4, 0.5) is 0 Å². The maximum Gasteiger partial charge on any atom is -0.0376 e. The fourth-order valence-corrected chi connectivity index (χ4v) is 0.454. The summed E-state index contributed by atoms with van der Waals surface area (Å²) in [5.41, 5.74) is 0. The molecule has 0 aliphatic heterocycles. The molecule has 0 saturated carbocycles. The van der Waals surface area contributed by atoms with Gasteiger partial charge in [0, 0.05) is 0 Å². The van der Waals surface area contributed by atoms with Crippen LogP contribution in [0.25, 0.3) is 0 Å². The molecule has 0 heterocycles. The molecule has 9 heavy (non-hydrogen) atoms. The van der Waals surface area contributed by atoms with Gasteiger partial charge >= 0.3 is 0 Å². The van der Waals surface area contributed by atoms with E-state index in [0.717, 1.165) is 6.42 Å². The summed E-state index contributed by atoms with van der Waals surface area (Å²) in [4.78, 5) is 0. The maximum atomic E-state index is 2.12. The van der Waals surface area contributed by atoms with Crippen molar-refractivity contribution in [1.29, 1.82) is 0 Å². The van der Waals surface area contributed by atoms with Crippen molar-refractivity contribution in [3.8, 4) is 0 Å². The first-order valence-corrected chi connectivity index (χ1v) is 3.36. The maximum absolute atomic E-state index is 2.12. The smallest absolute Gasteiger partial charge is 0.0376 e. The van der Waals surface area contributed by atoms with Crippen LogP contribution in [0.3, 0.4) is 0 Å². The van der Waals surface area contributed by atoms with Crippen LogP contribution in [-0.4, -0.2) is 0 Å². The van der Waals surface area contributed by atoms with Crippen LogP contribution in [0, 0.1) is 0 Å². The minimum Gasteiger partial charge on any atom is -0.0877 e. The van der Waals surface area contributed by atoms with Crippen molar-refractivity contribution < 1.29 is 0 Å². The number of hydrogen-bond acceptors (Lipinski definition) is 0. The molecule has 0 amide bonds. The zero-order valence-electron chi connectivity index (χ0n) is 6.17. The average Bonchev–Trinajstić information content (AvgIpc) is 1.89. The van der Waals surface area contributed by atoms with E-state index in [1.54, 1.807) is 0 Å². The van der Waals surface area contributed by atoms with Gasteiger partial charge in [-0.25, -0.2) is 0 Å². The van der Waals surface area contributed by atoms with Gasteiger partial charge in [0.05, 0.1) is 0 Å². The molecule has 0 atom stereocenters. The van der Waals surface area contributed by atoms with Crippen molar-refractivity contribution in [2.24, 2.45) is 0 Å². The fourth-order valence-electron chi connectivity index (χ4n) is 0.454. The van der Waals surface area contributed by atoms with Crippen molar-refractivity contribution in [1.82, 2.24) is 0 Å². The Morgan fingerprint density at radius 1 is 1.00 bits per heavy atom. The average molecular weight is 122 g/mol. The molecule has 0 aromatic rings. The van der Waals surface area contributed by atoms with Crippen LogP contribution < -0.4 is 0 Å². The molecule has 50 valence electrons. The first-order chi connectivity index (χ1) is 4.41. The Kier molecular flexibility index (Phi) is 6.59. The number of hydrogen-bond donors (Lipinski definition) is 0. The summed E-state index contributed by atoms with van der Waals surface area (Å²) < 4.78 is 0. The van der Waals surface area contributed by atoms with E-state index >= 15 is 0 Å². The van der Waals surface area contributed by atoms with E-state index in [1.807, 2.05) is 31.2 Å². The second-order valence-corrected chi connectivity index (χ2v) is 1.75. The molecule has 0 bridgehead atoms. The van der Waals surface area contributed by atoms with Crippen molar-refractivity contribution in [2.75, 3.05) is 0 Å². The Morgan fingerprint density at radius 3 is 2.22 bits per heavy atom. The van der Waals surface area contributed by atoms with Gasteiger partial charge in [-0.2, -0.15) is 0 Å². The van der Waals surface area contributed by atoms with Crippen molar-refractivity contribution >= 4 is 0 Å². The lowest BCUT2D eigenvalue weighted by Crippen LogP contribution is -1.51. The molecule has 0 fully saturated rings. The second kappa shape index (κ2) is 7.22. The Labute approximate surface area is 57.6 Å². The molecular weight excluding hydrogens is 108 g/mol. The van der Waals surface area contributed by atoms with E-state index in [-0.39, 0.29) is 0 Å². The Hall–Kier alpha value is -0.780. The van der Waals surface area contributed by atoms with Crippen LogP contribution in [0.1, 0.15) is 20.3 Å². The van der Waals surface area contributed by atoms with E-state index in [9.17, 15) is 0 Å². The highest BCUT2D eigenvalue weighted by Crippen LogP contribution is 1.82. The number of rotatable bonds is 3. The molecular formula is C9H14. The van der Waals surface area contributed by atoms with Crippen molar-refractivity contribution in [3.05, 3.63) is 36.5 Å². The summed E-state index contributed by atoms with van der Waals surface area (Å²) in [6, 6.07) is 0. The molecule has 0 radical (unpaired) electrons. The third kappa shape index (κ3) is 7.22. The van der Waals surface area contributed by atoms with Crippen LogP contribution in [0.5, 0.6) is 0 Å². The normalized spacial score (nSPS) is 12.7. The van der Waals surface area contributed by atoms with Gasteiger partial charge in [0.1, 0.15) is 0 Å². The molecule has 0 nitrogen and oxygen atoms in total. The lowest BCUT2D eigenvalue weighted by Gasteiger charge is -1.72. The quantitative estimate of drug-likeness (QED) is 0.504. The molecule has 0 N–H and O–H groups in total. The summed E-state index contributed by atoms with van der Waals surface area (Å²) in [6.07, 6.45) is 13.4. The van der Waals surface area contributed by atoms with E-state index in [4.69, 9.17) is 0 Å². The predicted octanol–water partition coefficient (Wildman–Crippen LogP) is 3.08. The lowest BCUT2D eigenvalue weighted by molar-refractivity contribution is 1.22. The zero-order chi connectivity index (χ0) is 6.95. The first kappa shape index (κ1) is 8.22. The summed E-state index contributed by atoms with van der Waals surface area (Å²) in [6.45, 7) is 4.13. The molecule has 0 unspecified atom stereocenters. The Morgan fingerprint density at radius 2 is 1.67 bits per heavy atom. The molecule has 0 aromatic carbocycles. The third-order valence-corrected chi connectivity index (χ3v) is 0.898. The highest BCUT2D eigenvalue weighted by molar-refractivity contribution is 5.10. The van der Waals surface area contributed by atoms with Gasteiger partial charge in [0.25, 0.3) is 0 Å². The van der Waals surface area contributed by atoms with Gasteiger partial charge in [-0.15, -0.1) is 0 Å². The summed E-state index contributed by atoms with van der Waals surface area (Å²) in [5.74, 6) is 0. The molecule has 0 rings (SSSR count). The first-order valence-electron chi connectivity index (χ1n) is 3.36. The monoisotopic (exact) mass is 122 g/mol. The van der Waals surface area contributed by atoms with Crippen molar-refractivity contribution in [3.63, 3.8) is 0 Å². The van der Waals surface area contributed by atoms with Crippen LogP contribution in [0.2, 0.25) is 0 Å². The summed E-state index contributed by atoms with van der Waals surface area (Å²) in [7, 11) is 0. The largest absolute Gasteiger partial charge is 0.0877 e. The molecule has 0 aliphatic carbocycles. The van der Waals surface area contributed by atoms with E-state index < -0.39 is 0 Å². The molecule has 0 saturated heterocycles. The molecule has 0 aliphatic rings. The van der Waals surface area contributed by atoms with Gasteiger partial charge < -0.3 is 0 Å². The van der Waals surface area contributed by atoms with E-state index in [0.29, 0.717) is 0 Å². The van der Waals surface area contributed by atoms with E-state index in [2.05, 4.69) is 19.1 Å². The minimum absolute atomic E-state index is 1.11. The molecule has 0 aromatic heterocycles. The van der Waals surface area contributed by atoms with Gasteiger partial charge in [0.2, 0.25) is 0 Å². The van der Waals surface area contributed by atoms with E-state index in [1.165, 1.54) is 0 Å². The van der Waals surface area contributed by atoms with Gasteiger partial charge in [0.15, 0.2) is 0 Å². The second-order valence-electron chi connectivity index (χ2n) is 1.75. The van der Waals surface area contributed by atoms with Crippen LogP contribution >= 0.6 is 0 Å². The molecule has 0 spiro atoms. The highest BCUT2D eigenvalue weighted by atomic mass is 13.7. The third-order valence-electron chi connectivity index (χ3n) is 0.898. The fraction of sp³-hybridized carbons (Fsp3) is 0.333. The number of allylic oxidation sites excluding steroid dienone is 6. The Balaban J connectivity index is 3.35. The lowest BCUT2D eigenvalue weighted by atomic mass is 10.4. The zero-order valence-corrected chi connectivity index (χ0v) is 6.17. The standard InChI is InChI=1S/C9H14/c1-3-5-7-9-8-6-4-2/h3,5-9H,4H2,1-2H3/b5-3-,8-6+,9-7-. The minimum atomic E-state index is 1.11. The van der Waals surface area contributed by atoms with Gasteiger partial charge in [-0.05, 0) is 13.3 Å². The van der Waals surface area contributed by atoms with Crippen LogP contribution in [-0.2, 0) is 0 Å². The van der Waals surface area contributed by atoms with Crippen LogP contribution in [0.15, 0.2) is 36.5 Å². The van der Waals surface area contributed by atoms with Crippen molar-refractivity contribution in [2.45, 2.75) is 20.3 Å². The topological polar surface area (TPSA) is 0 Å². The molecule has 0 heteroatoms. The van der Waals surface area contributed by atoms with Gasteiger partial charge in [-0.3, -0.25) is 0 Å². The predicted molar refractivity (Wildman–Crippen MR) is 43.4 cm³/mol.